The van der Waals surface area contributed by atoms with Gasteiger partial charge < -0.3 is 9.84 Å². The molecule has 0 saturated carbocycles. The highest BCUT2D eigenvalue weighted by molar-refractivity contribution is 7.92. The van der Waals surface area contributed by atoms with Crippen LogP contribution in [0.3, 0.4) is 0 Å². The highest BCUT2D eigenvalue weighted by Crippen LogP contribution is 2.40. The SMILES string of the molecule is COCN(c1cc(C)cnc1C(C)(O)c1c(C)ccnc1C)S(=O)(=O)c1ccc(Cl)c(C(F)(F)F)c1. The van der Waals surface area contributed by atoms with Crippen LogP contribution >= 0.6 is 11.6 Å². The van der Waals surface area contributed by atoms with Crippen molar-refractivity contribution in [1.29, 1.82) is 0 Å². The Kier molecular flexibility index (Phi) is 7.71. The number of alkyl halides is 3. The first kappa shape index (κ1) is 27.9. The van der Waals surface area contributed by atoms with Gasteiger partial charge in [0.1, 0.15) is 18.0 Å². The number of benzene rings is 1. The van der Waals surface area contributed by atoms with Crippen LogP contribution in [0.2, 0.25) is 5.02 Å². The summed E-state index contributed by atoms with van der Waals surface area (Å²) in [7, 11) is -3.40. The van der Waals surface area contributed by atoms with Gasteiger partial charge >= 0.3 is 6.18 Å². The number of pyridine rings is 2. The third kappa shape index (κ3) is 5.19. The molecule has 36 heavy (non-hydrogen) atoms. The summed E-state index contributed by atoms with van der Waals surface area (Å²) < 4.78 is 73.6. The van der Waals surface area contributed by atoms with E-state index in [0.717, 1.165) is 16.4 Å². The van der Waals surface area contributed by atoms with Gasteiger partial charge in [0.15, 0.2) is 0 Å². The maximum Gasteiger partial charge on any atom is 0.417 e. The standard InChI is InChI=1S/C24H25ClF3N3O4S/c1-14-10-20(22(30-12-14)23(4,32)21-15(2)8-9-29-16(21)3)31(13-35-5)36(33,34)17-6-7-19(25)18(11-17)24(26,27)28/h6-12,32H,13H2,1-5H3. The maximum atomic E-state index is 13.7. The fraction of sp³-hybridized carbons (Fsp3) is 0.333. The summed E-state index contributed by atoms with van der Waals surface area (Å²) >= 11 is 5.69. The van der Waals surface area contributed by atoms with Crippen LogP contribution in [-0.4, -0.2) is 37.3 Å². The zero-order valence-corrected chi connectivity index (χ0v) is 21.8. The summed E-state index contributed by atoms with van der Waals surface area (Å²) in [4.78, 5) is 7.93. The van der Waals surface area contributed by atoms with E-state index < -0.39 is 44.0 Å². The third-order valence-electron chi connectivity index (χ3n) is 5.65. The van der Waals surface area contributed by atoms with Crippen molar-refractivity contribution < 1.29 is 31.4 Å². The number of nitrogens with zero attached hydrogens (tertiary/aromatic N) is 3. The molecule has 1 N–H and O–H groups in total. The van der Waals surface area contributed by atoms with E-state index in [1.54, 1.807) is 33.0 Å². The van der Waals surface area contributed by atoms with E-state index in [0.29, 0.717) is 28.5 Å². The molecule has 3 rings (SSSR count). The Hall–Kier alpha value is -2.73. The van der Waals surface area contributed by atoms with Crippen LogP contribution in [0, 0.1) is 20.8 Å². The Morgan fingerprint density at radius 1 is 1.11 bits per heavy atom. The second kappa shape index (κ2) is 9.97. The van der Waals surface area contributed by atoms with E-state index in [4.69, 9.17) is 16.3 Å². The molecule has 0 bridgehead atoms. The number of anilines is 1. The minimum atomic E-state index is -4.87. The minimum absolute atomic E-state index is 0.0436. The molecule has 0 aliphatic carbocycles. The number of rotatable bonds is 7. The number of sulfonamides is 1. The second-order valence-corrected chi connectivity index (χ2v) is 10.7. The molecule has 1 atom stereocenters. The van der Waals surface area contributed by atoms with Crippen LogP contribution in [0.5, 0.6) is 0 Å². The number of aryl methyl sites for hydroxylation is 3. The van der Waals surface area contributed by atoms with Crippen molar-refractivity contribution in [3.8, 4) is 0 Å². The normalized spacial score (nSPS) is 13.9. The van der Waals surface area contributed by atoms with Gasteiger partial charge in [0.25, 0.3) is 10.0 Å². The number of hydrogen-bond donors (Lipinski definition) is 1. The van der Waals surface area contributed by atoms with E-state index in [2.05, 4.69) is 9.97 Å². The van der Waals surface area contributed by atoms with Crippen molar-refractivity contribution in [3.63, 3.8) is 0 Å². The van der Waals surface area contributed by atoms with Crippen LogP contribution in [-0.2, 0) is 26.5 Å². The fourth-order valence-electron chi connectivity index (χ4n) is 4.06. The highest BCUT2D eigenvalue weighted by atomic mass is 35.5. The first-order valence-electron chi connectivity index (χ1n) is 10.6. The fourth-order valence-corrected chi connectivity index (χ4v) is 5.69. The number of ether oxygens (including phenoxy) is 1. The van der Waals surface area contributed by atoms with Gasteiger partial charge in [0.05, 0.1) is 21.2 Å². The predicted molar refractivity (Wildman–Crippen MR) is 129 cm³/mol. The number of aliphatic hydroxyl groups is 1. The summed E-state index contributed by atoms with van der Waals surface area (Å²) in [6.45, 7) is 6.01. The Bertz CT molecular complexity index is 1380. The van der Waals surface area contributed by atoms with Crippen molar-refractivity contribution in [3.05, 3.63) is 81.4 Å². The van der Waals surface area contributed by atoms with Crippen molar-refractivity contribution in [1.82, 2.24) is 9.97 Å². The minimum Gasteiger partial charge on any atom is -0.379 e. The Labute approximate surface area is 212 Å². The van der Waals surface area contributed by atoms with Crippen molar-refractivity contribution >= 4 is 27.3 Å². The molecule has 0 fully saturated rings. The Morgan fingerprint density at radius 2 is 1.78 bits per heavy atom. The Morgan fingerprint density at radius 3 is 2.36 bits per heavy atom. The van der Waals surface area contributed by atoms with Gasteiger partial charge in [-0.15, -0.1) is 0 Å². The van der Waals surface area contributed by atoms with Crippen LogP contribution < -0.4 is 4.31 Å². The van der Waals surface area contributed by atoms with E-state index in [1.165, 1.54) is 26.3 Å². The van der Waals surface area contributed by atoms with Crippen LogP contribution in [0.4, 0.5) is 18.9 Å². The highest BCUT2D eigenvalue weighted by Gasteiger charge is 2.39. The molecular weight excluding hydrogens is 519 g/mol. The third-order valence-corrected chi connectivity index (χ3v) is 7.71. The average molecular weight is 544 g/mol. The van der Waals surface area contributed by atoms with Gasteiger partial charge in [-0.3, -0.25) is 9.97 Å². The number of methoxy groups -OCH3 is 1. The second-order valence-electron chi connectivity index (χ2n) is 8.45. The summed E-state index contributed by atoms with van der Waals surface area (Å²) in [5.41, 5.74) is -1.05. The molecule has 1 aromatic carbocycles. The zero-order chi connectivity index (χ0) is 27.1. The first-order chi connectivity index (χ1) is 16.6. The monoisotopic (exact) mass is 543 g/mol. The van der Waals surface area contributed by atoms with Gasteiger partial charge in [-0.25, -0.2) is 12.7 Å². The molecule has 194 valence electrons. The van der Waals surface area contributed by atoms with E-state index in [-0.39, 0.29) is 11.4 Å². The van der Waals surface area contributed by atoms with Crippen molar-refractivity contribution in [2.24, 2.45) is 0 Å². The number of hydrogen-bond acceptors (Lipinski definition) is 6. The predicted octanol–water partition coefficient (Wildman–Crippen LogP) is 5.13. The molecule has 1 unspecified atom stereocenters. The Balaban J connectivity index is 2.29. The van der Waals surface area contributed by atoms with Gasteiger partial charge in [-0.2, -0.15) is 13.2 Å². The van der Waals surface area contributed by atoms with Crippen LogP contribution in [0.15, 0.2) is 47.6 Å². The van der Waals surface area contributed by atoms with Gasteiger partial charge in [0, 0.05) is 30.8 Å². The lowest BCUT2D eigenvalue weighted by Crippen LogP contribution is -2.37. The van der Waals surface area contributed by atoms with E-state index in [9.17, 15) is 26.7 Å². The molecule has 12 heteroatoms. The van der Waals surface area contributed by atoms with Gasteiger partial charge in [-0.05, 0) is 69.2 Å². The molecule has 2 heterocycles. The molecule has 2 aromatic heterocycles. The molecule has 0 spiro atoms. The maximum absolute atomic E-state index is 13.7. The van der Waals surface area contributed by atoms with Gasteiger partial charge in [-0.1, -0.05) is 11.6 Å². The summed E-state index contributed by atoms with van der Waals surface area (Å²) in [5.74, 6) is 0. The molecule has 0 radical (unpaired) electrons. The number of halogens is 4. The molecule has 0 saturated heterocycles. The topological polar surface area (TPSA) is 92.6 Å². The van der Waals surface area contributed by atoms with E-state index >= 15 is 0 Å². The average Bonchev–Trinajstić information content (AvgIpc) is 2.76. The van der Waals surface area contributed by atoms with Crippen molar-refractivity contribution in [2.45, 2.75) is 44.4 Å². The zero-order valence-electron chi connectivity index (χ0n) is 20.2. The molecule has 7 nitrogen and oxygen atoms in total. The van der Waals surface area contributed by atoms with Crippen molar-refractivity contribution in [2.75, 3.05) is 18.1 Å². The first-order valence-corrected chi connectivity index (χ1v) is 12.4. The number of aromatic nitrogens is 2. The molecule has 0 aliphatic heterocycles. The molecule has 0 amide bonds. The lowest BCUT2D eigenvalue weighted by molar-refractivity contribution is -0.137. The lowest BCUT2D eigenvalue weighted by Gasteiger charge is -2.32. The molecular formula is C24H25ClF3N3O4S. The summed E-state index contributed by atoms with van der Waals surface area (Å²) in [5, 5.41) is 11.1. The summed E-state index contributed by atoms with van der Waals surface area (Å²) in [6, 6.07) is 5.48. The largest absolute Gasteiger partial charge is 0.417 e. The van der Waals surface area contributed by atoms with Crippen LogP contribution in [0.25, 0.3) is 0 Å². The lowest BCUT2D eigenvalue weighted by atomic mass is 9.86. The smallest absolute Gasteiger partial charge is 0.379 e. The summed E-state index contributed by atoms with van der Waals surface area (Å²) in [6.07, 6.45) is -1.84. The molecule has 0 aliphatic rings. The molecule has 3 aromatic rings. The van der Waals surface area contributed by atoms with E-state index in [1.807, 2.05) is 0 Å². The van der Waals surface area contributed by atoms with Crippen LogP contribution in [0.1, 0.15) is 40.6 Å². The van der Waals surface area contributed by atoms with Gasteiger partial charge in [0.2, 0.25) is 0 Å². The quantitative estimate of drug-likeness (QED) is 0.415.